The van der Waals surface area contributed by atoms with Crippen molar-refractivity contribution in [3.8, 4) is 5.75 Å². The molecule has 6 nitrogen and oxygen atoms in total. The molecule has 0 spiro atoms. The monoisotopic (exact) mass is 497 g/mol. The highest BCUT2D eigenvalue weighted by Crippen LogP contribution is 2.24. The van der Waals surface area contributed by atoms with Gasteiger partial charge in [-0.3, -0.25) is 9.79 Å². The number of carbonyl (C=O) groups excluding carboxylic acids is 1. The zero-order valence-electron chi connectivity index (χ0n) is 16.8. The SMILES string of the molecule is CN=C(NCc1ccc2cc(OC)ccc2c1)N1CC(C)C(C(=O)OC)C1.I. The zero-order valence-corrected chi connectivity index (χ0v) is 19.1. The Labute approximate surface area is 183 Å². The molecule has 0 bridgehead atoms. The number of hydrogen-bond donors (Lipinski definition) is 1. The lowest BCUT2D eigenvalue weighted by Crippen LogP contribution is -2.40. The van der Waals surface area contributed by atoms with E-state index >= 15 is 0 Å². The lowest BCUT2D eigenvalue weighted by Gasteiger charge is -2.21. The van der Waals surface area contributed by atoms with E-state index in [0.717, 1.165) is 23.6 Å². The number of rotatable bonds is 4. The average molecular weight is 497 g/mol. The van der Waals surface area contributed by atoms with Gasteiger partial charge in [-0.15, -0.1) is 24.0 Å². The maximum absolute atomic E-state index is 11.9. The van der Waals surface area contributed by atoms with E-state index in [-0.39, 0.29) is 41.8 Å². The van der Waals surface area contributed by atoms with Crippen molar-refractivity contribution in [3.63, 3.8) is 0 Å². The minimum atomic E-state index is -0.148. The molecule has 0 radical (unpaired) electrons. The number of methoxy groups -OCH3 is 2. The number of esters is 1. The number of benzene rings is 2. The number of nitrogens with zero attached hydrogens (tertiary/aromatic N) is 2. The summed E-state index contributed by atoms with van der Waals surface area (Å²) in [6.45, 7) is 4.16. The number of aliphatic imine (C=N–C) groups is 1. The van der Waals surface area contributed by atoms with Gasteiger partial charge in [-0.05, 0) is 40.5 Å². The number of nitrogens with one attached hydrogen (secondary N) is 1. The first-order valence-electron chi connectivity index (χ1n) is 9.15. The van der Waals surface area contributed by atoms with Gasteiger partial charge in [0.05, 0.1) is 20.1 Å². The van der Waals surface area contributed by atoms with Crippen molar-refractivity contribution in [2.75, 3.05) is 34.4 Å². The second-order valence-corrected chi connectivity index (χ2v) is 6.96. The maximum atomic E-state index is 11.9. The lowest BCUT2D eigenvalue weighted by molar-refractivity contribution is -0.145. The molecule has 2 aromatic rings. The number of guanidine groups is 1. The normalized spacial score (nSPS) is 19.3. The molecule has 1 aliphatic heterocycles. The summed E-state index contributed by atoms with van der Waals surface area (Å²) in [5, 5.41) is 5.73. The first-order chi connectivity index (χ1) is 13.0. The molecule has 1 fully saturated rings. The van der Waals surface area contributed by atoms with Crippen molar-refractivity contribution in [1.29, 1.82) is 0 Å². The van der Waals surface area contributed by atoms with E-state index in [2.05, 4.69) is 46.4 Å². The van der Waals surface area contributed by atoms with Gasteiger partial charge in [0, 0.05) is 26.7 Å². The second-order valence-electron chi connectivity index (χ2n) is 6.96. The number of carbonyl (C=O) groups is 1. The summed E-state index contributed by atoms with van der Waals surface area (Å²) in [5.74, 6) is 1.65. The van der Waals surface area contributed by atoms with E-state index in [0.29, 0.717) is 13.1 Å². The fourth-order valence-electron chi connectivity index (χ4n) is 3.62. The molecule has 0 amide bonds. The standard InChI is InChI=1S/C21H27N3O3.HI/c1-14-12-24(13-19(14)20(25)27-4)21(22-2)23-11-15-5-6-17-10-18(26-3)8-7-16(17)9-15;/h5-10,14,19H,11-13H2,1-4H3,(H,22,23);1H. The molecule has 1 N–H and O–H groups in total. The second kappa shape index (κ2) is 9.95. The summed E-state index contributed by atoms with van der Waals surface area (Å²) >= 11 is 0. The van der Waals surface area contributed by atoms with Gasteiger partial charge >= 0.3 is 5.97 Å². The minimum Gasteiger partial charge on any atom is -0.497 e. The molecule has 1 aliphatic rings. The molecule has 28 heavy (non-hydrogen) atoms. The predicted molar refractivity (Wildman–Crippen MR) is 122 cm³/mol. The Bertz CT molecular complexity index is 856. The fourth-order valence-corrected chi connectivity index (χ4v) is 3.62. The van der Waals surface area contributed by atoms with E-state index in [4.69, 9.17) is 9.47 Å². The Hall–Kier alpha value is -2.03. The van der Waals surface area contributed by atoms with Crippen LogP contribution in [0.1, 0.15) is 12.5 Å². The van der Waals surface area contributed by atoms with Crippen LogP contribution < -0.4 is 10.1 Å². The molecule has 2 atom stereocenters. The van der Waals surface area contributed by atoms with Gasteiger partial charge in [0.15, 0.2) is 5.96 Å². The summed E-state index contributed by atoms with van der Waals surface area (Å²) in [6.07, 6.45) is 0. The van der Waals surface area contributed by atoms with Crippen molar-refractivity contribution in [2.45, 2.75) is 13.5 Å². The van der Waals surface area contributed by atoms with Crippen LogP contribution in [0.4, 0.5) is 0 Å². The van der Waals surface area contributed by atoms with Gasteiger partial charge in [-0.1, -0.05) is 25.1 Å². The molecule has 7 heteroatoms. The molecular formula is C21H28IN3O3. The lowest BCUT2D eigenvalue weighted by atomic mass is 9.99. The molecule has 0 saturated carbocycles. The van der Waals surface area contributed by atoms with Gasteiger partial charge in [-0.2, -0.15) is 0 Å². The first-order valence-corrected chi connectivity index (χ1v) is 9.15. The van der Waals surface area contributed by atoms with Gasteiger partial charge in [0.1, 0.15) is 5.75 Å². The van der Waals surface area contributed by atoms with Crippen molar-refractivity contribution >= 4 is 46.7 Å². The quantitative estimate of drug-likeness (QED) is 0.304. The first kappa shape index (κ1) is 22.3. The maximum Gasteiger partial charge on any atom is 0.310 e. The Morgan fingerprint density at radius 1 is 1.18 bits per heavy atom. The van der Waals surface area contributed by atoms with Crippen LogP contribution in [0.3, 0.4) is 0 Å². The Balaban J connectivity index is 0.00000280. The molecule has 0 aliphatic carbocycles. The molecule has 1 heterocycles. The molecule has 1 saturated heterocycles. The van der Waals surface area contributed by atoms with Crippen LogP contribution in [-0.4, -0.2) is 51.2 Å². The van der Waals surface area contributed by atoms with E-state index in [1.165, 1.54) is 18.1 Å². The molecule has 2 aromatic carbocycles. The summed E-state index contributed by atoms with van der Waals surface area (Å²) in [4.78, 5) is 18.4. The third-order valence-electron chi connectivity index (χ3n) is 5.19. The summed E-state index contributed by atoms with van der Waals surface area (Å²) in [7, 11) is 4.89. The van der Waals surface area contributed by atoms with Crippen LogP contribution in [0.5, 0.6) is 5.75 Å². The van der Waals surface area contributed by atoms with Crippen molar-refractivity contribution in [1.82, 2.24) is 10.2 Å². The van der Waals surface area contributed by atoms with E-state index in [1.807, 2.05) is 12.1 Å². The summed E-state index contributed by atoms with van der Waals surface area (Å²) < 4.78 is 10.2. The zero-order chi connectivity index (χ0) is 19.4. The highest BCUT2D eigenvalue weighted by Gasteiger charge is 2.36. The van der Waals surface area contributed by atoms with E-state index in [9.17, 15) is 4.79 Å². The largest absolute Gasteiger partial charge is 0.497 e. The predicted octanol–water partition coefficient (Wildman–Crippen LogP) is 3.28. The van der Waals surface area contributed by atoms with Crippen LogP contribution in [0.25, 0.3) is 10.8 Å². The number of halogens is 1. The number of likely N-dealkylation sites (tertiary alicyclic amines) is 1. The van der Waals surface area contributed by atoms with Crippen LogP contribution >= 0.6 is 24.0 Å². The highest BCUT2D eigenvalue weighted by atomic mass is 127. The highest BCUT2D eigenvalue weighted by molar-refractivity contribution is 14.0. The van der Waals surface area contributed by atoms with E-state index < -0.39 is 0 Å². The number of hydrogen-bond acceptors (Lipinski definition) is 4. The van der Waals surface area contributed by atoms with Crippen molar-refractivity contribution < 1.29 is 14.3 Å². The van der Waals surface area contributed by atoms with Gasteiger partial charge in [-0.25, -0.2) is 0 Å². The molecular weight excluding hydrogens is 469 g/mol. The van der Waals surface area contributed by atoms with Gasteiger partial charge < -0.3 is 19.7 Å². The molecule has 152 valence electrons. The molecule has 0 aromatic heterocycles. The number of ether oxygens (including phenoxy) is 2. The smallest absolute Gasteiger partial charge is 0.310 e. The van der Waals surface area contributed by atoms with Crippen LogP contribution in [-0.2, 0) is 16.1 Å². The van der Waals surface area contributed by atoms with Gasteiger partial charge in [0.2, 0.25) is 0 Å². The Kier molecular flexibility index (Phi) is 7.91. The Morgan fingerprint density at radius 2 is 1.89 bits per heavy atom. The summed E-state index contributed by atoms with van der Waals surface area (Å²) in [6, 6.07) is 12.4. The van der Waals surface area contributed by atoms with Crippen LogP contribution in [0, 0.1) is 11.8 Å². The third-order valence-corrected chi connectivity index (χ3v) is 5.19. The van der Waals surface area contributed by atoms with Crippen LogP contribution in [0.2, 0.25) is 0 Å². The topological polar surface area (TPSA) is 63.2 Å². The Morgan fingerprint density at radius 3 is 2.57 bits per heavy atom. The average Bonchev–Trinajstić information content (AvgIpc) is 3.08. The molecule has 3 rings (SSSR count). The van der Waals surface area contributed by atoms with Crippen LogP contribution in [0.15, 0.2) is 41.4 Å². The summed E-state index contributed by atoms with van der Waals surface area (Å²) in [5.41, 5.74) is 1.17. The van der Waals surface area contributed by atoms with E-state index in [1.54, 1.807) is 14.2 Å². The number of fused-ring (bicyclic) bond motifs is 1. The van der Waals surface area contributed by atoms with Gasteiger partial charge in [0.25, 0.3) is 0 Å². The van der Waals surface area contributed by atoms with Crippen molar-refractivity contribution in [2.24, 2.45) is 16.8 Å². The van der Waals surface area contributed by atoms with Crippen molar-refractivity contribution in [3.05, 3.63) is 42.0 Å². The fraction of sp³-hybridized carbons (Fsp3) is 0.429. The molecule has 2 unspecified atom stereocenters. The third kappa shape index (κ3) is 4.87. The minimum absolute atomic E-state index is 0.